The van der Waals surface area contributed by atoms with E-state index in [-0.39, 0.29) is 0 Å². The number of ether oxygens (including phenoxy) is 1. The zero-order chi connectivity index (χ0) is 11.5. The molecule has 0 bridgehead atoms. The summed E-state index contributed by atoms with van der Waals surface area (Å²) < 4.78 is 6.95. The van der Waals surface area contributed by atoms with Gasteiger partial charge in [0.2, 0.25) is 0 Å². The van der Waals surface area contributed by atoms with Crippen LogP contribution >= 0.6 is 0 Å². The molecule has 0 atom stereocenters. The summed E-state index contributed by atoms with van der Waals surface area (Å²) in [5, 5.41) is 4.41. The molecule has 0 fully saturated rings. The molecule has 0 radical (unpaired) electrons. The number of hydrogen-bond donors (Lipinski definition) is 1. The zero-order valence-corrected chi connectivity index (χ0v) is 9.47. The van der Waals surface area contributed by atoms with Gasteiger partial charge in [-0.15, -0.1) is 0 Å². The van der Waals surface area contributed by atoms with Crippen LogP contribution in [0, 0.1) is 0 Å². The SMILES string of the molecule is CCn1nc(-c2cccc(OC)c2)cc1N. The van der Waals surface area contributed by atoms with Crippen molar-refractivity contribution in [2.75, 3.05) is 12.8 Å². The minimum Gasteiger partial charge on any atom is -0.497 e. The van der Waals surface area contributed by atoms with Crippen molar-refractivity contribution < 1.29 is 4.74 Å². The highest BCUT2D eigenvalue weighted by molar-refractivity contribution is 5.63. The van der Waals surface area contributed by atoms with Gasteiger partial charge in [0.25, 0.3) is 0 Å². The standard InChI is InChI=1S/C12H15N3O/c1-3-15-12(13)8-11(14-15)9-5-4-6-10(7-9)16-2/h4-8H,3,13H2,1-2H3. The molecule has 0 unspecified atom stereocenters. The highest BCUT2D eigenvalue weighted by Gasteiger charge is 2.06. The molecule has 2 aromatic rings. The topological polar surface area (TPSA) is 53.1 Å². The number of methoxy groups -OCH3 is 1. The molecule has 0 aliphatic heterocycles. The third kappa shape index (κ3) is 1.86. The Morgan fingerprint density at radius 2 is 2.19 bits per heavy atom. The van der Waals surface area contributed by atoms with Crippen LogP contribution in [0.2, 0.25) is 0 Å². The Labute approximate surface area is 94.6 Å². The van der Waals surface area contributed by atoms with E-state index in [9.17, 15) is 0 Å². The van der Waals surface area contributed by atoms with Crippen molar-refractivity contribution in [2.45, 2.75) is 13.5 Å². The van der Waals surface area contributed by atoms with Crippen LogP contribution in [0.15, 0.2) is 30.3 Å². The molecule has 0 spiro atoms. The highest BCUT2D eigenvalue weighted by atomic mass is 16.5. The molecule has 1 aromatic carbocycles. The molecule has 0 saturated carbocycles. The van der Waals surface area contributed by atoms with Crippen LogP contribution in [0.3, 0.4) is 0 Å². The molecule has 84 valence electrons. The highest BCUT2D eigenvalue weighted by Crippen LogP contribution is 2.24. The molecule has 2 rings (SSSR count). The largest absolute Gasteiger partial charge is 0.497 e. The Morgan fingerprint density at radius 1 is 1.38 bits per heavy atom. The minimum absolute atomic E-state index is 0.681. The third-order valence-corrected chi connectivity index (χ3v) is 2.48. The van der Waals surface area contributed by atoms with Crippen molar-refractivity contribution in [2.24, 2.45) is 0 Å². The van der Waals surface area contributed by atoms with Gasteiger partial charge in [-0.1, -0.05) is 12.1 Å². The third-order valence-electron chi connectivity index (χ3n) is 2.48. The van der Waals surface area contributed by atoms with Gasteiger partial charge in [-0.3, -0.25) is 0 Å². The van der Waals surface area contributed by atoms with Gasteiger partial charge in [0.1, 0.15) is 11.6 Å². The lowest BCUT2D eigenvalue weighted by atomic mass is 10.1. The van der Waals surface area contributed by atoms with E-state index >= 15 is 0 Å². The maximum absolute atomic E-state index is 5.83. The predicted molar refractivity (Wildman–Crippen MR) is 64.3 cm³/mol. The second-order valence-electron chi connectivity index (χ2n) is 3.50. The normalized spacial score (nSPS) is 10.4. The smallest absolute Gasteiger partial charge is 0.122 e. The summed E-state index contributed by atoms with van der Waals surface area (Å²) in [6, 6.07) is 9.66. The maximum atomic E-state index is 5.83. The number of hydrogen-bond acceptors (Lipinski definition) is 3. The predicted octanol–water partition coefficient (Wildman–Crippen LogP) is 2.16. The lowest BCUT2D eigenvalue weighted by Crippen LogP contribution is -2.01. The molecule has 2 N–H and O–H groups in total. The minimum atomic E-state index is 0.681. The maximum Gasteiger partial charge on any atom is 0.122 e. The van der Waals surface area contributed by atoms with Crippen molar-refractivity contribution in [1.29, 1.82) is 0 Å². The van der Waals surface area contributed by atoms with E-state index in [1.54, 1.807) is 11.8 Å². The first-order valence-electron chi connectivity index (χ1n) is 5.22. The summed E-state index contributed by atoms with van der Waals surface area (Å²) in [6.07, 6.45) is 0. The first-order chi connectivity index (χ1) is 7.74. The molecule has 16 heavy (non-hydrogen) atoms. The molecular formula is C12H15N3O. The molecule has 1 aromatic heterocycles. The second-order valence-corrected chi connectivity index (χ2v) is 3.50. The summed E-state index contributed by atoms with van der Waals surface area (Å²) >= 11 is 0. The van der Waals surface area contributed by atoms with Crippen LogP contribution in [-0.2, 0) is 6.54 Å². The fourth-order valence-corrected chi connectivity index (χ4v) is 1.61. The second kappa shape index (κ2) is 4.26. The van der Waals surface area contributed by atoms with Gasteiger partial charge in [0, 0.05) is 18.2 Å². The monoisotopic (exact) mass is 217 g/mol. The van der Waals surface area contributed by atoms with E-state index in [1.165, 1.54) is 0 Å². The van der Waals surface area contributed by atoms with Gasteiger partial charge in [-0.2, -0.15) is 5.10 Å². The van der Waals surface area contributed by atoms with Crippen LogP contribution in [0.4, 0.5) is 5.82 Å². The summed E-state index contributed by atoms with van der Waals surface area (Å²) in [6.45, 7) is 2.79. The van der Waals surface area contributed by atoms with Crippen molar-refractivity contribution >= 4 is 5.82 Å². The number of nitrogen functional groups attached to an aromatic ring is 1. The lowest BCUT2D eigenvalue weighted by Gasteiger charge is -2.01. The lowest BCUT2D eigenvalue weighted by molar-refractivity contribution is 0.415. The van der Waals surface area contributed by atoms with Crippen molar-refractivity contribution in [1.82, 2.24) is 9.78 Å². The Kier molecular flexibility index (Phi) is 2.81. The first-order valence-corrected chi connectivity index (χ1v) is 5.22. The van der Waals surface area contributed by atoms with Crippen molar-refractivity contribution in [3.63, 3.8) is 0 Å². The number of nitrogens with zero attached hydrogens (tertiary/aromatic N) is 2. The number of nitrogens with two attached hydrogens (primary N) is 1. The van der Waals surface area contributed by atoms with Crippen LogP contribution in [0.25, 0.3) is 11.3 Å². The molecular weight excluding hydrogens is 202 g/mol. The Hall–Kier alpha value is -1.97. The number of anilines is 1. The molecule has 1 heterocycles. The fraction of sp³-hybridized carbons (Fsp3) is 0.250. The molecule has 0 amide bonds. The van der Waals surface area contributed by atoms with Crippen LogP contribution in [-0.4, -0.2) is 16.9 Å². The van der Waals surface area contributed by atoms with E-state index in [0.29, 0.717) is 5.82 Å². The van der Waals surface area contributed by atoms with Gasteiger partial charge < -0.3 is 10.5 Å². The Bertz CT molecular complexity index is 491. The van der Waals surface area contributed by atoms with E-state index in [4.69, 9.17) is 10.5 Å². The summed E-state index contributed by atoms with van der Waals surface area (Å²) in [5.41, 5.74) is 7.71. The Balaban J connectivity index is 2.41. The van der Waals surface area contributed by atoms with Crippen molar-refractivity contribution in [3.8, 4) is 17.0 Å². The molecule has 4 heteroatoms. The average Bonchev–Trinajstić information content (AvgIpc) is 2.71. The van der Waals surface area contributed by atoms with E-state index in [2.05, 4.69) is 5.10 Å². The van der Waals surface area contributed by atoms with Gasteiger partial charge in [0.05, 0.1) is 12.8 Å². The Morgan fingerprint density at radius 3 is 2.81 bits per heavy atom. The van der Waals surface area contributed by atoms with Gasteiger partial charge in [0.15, 0.2) is 0 Å². The number of rotatable bonds is 3. The quantitative estimate of drug-likeness (QED) is 0.857. The van der Waals surface area contributed by atoms with Gasteiger partial charge in [-0.05, 0) is 19.1 Å². The van der Waals surface area contributed by atoms with E-state index in [1.807, 2.05) is 37.3 Å². The molecule has 0 aliphatic rings. The summed E-state index contributed by atoms with van der Waals surface area (Å²) in [4.78, 5) is 0. The molecule has 0 saturated heterocycles. The number of aromatic nitrogens is 2. The summed E-state index contributed by atoms with van der Waals surface area (Å²) in [5.74, 6) is 1.50. The fourth-order valence-electron chi connectivity index (χ4n) is 1.61. The number of benzene rings is 1. The van der Waals surface area contributed by atoms with Crippen LogP contribution in [0.1, 0.15) is 6.92 Å². The zero-order valence-electron chi connectivity index (χ0n) is 9.47. The van der Waals surface area contributed by atoms with Crippen LogP contribution < -0.4 is 10.5 Å². The van der Waals surface area contributed by atoms with Gasteiger partial charge in [-0.25, -0.2) is 4.68 Å². The summed E-state index contributed by atoms with van der Waals surface area (Å²) in [7, 11) is 1.65. The van der Waals surface area contributed by atoms with E-state index in [0.717, 1.165) is 23.6 Å². The molecule has 4 nitrogen and oxygen atoms in total. The average molecular weight is 217 g/mol. The molecule has 0 aliphatic carbocycles. The first kappa shape index (κ1) is 10.5. The van der Waals surface area contributed by atoms with Gasteiger partial charge >= 0.3 is 0 Å². The van der Waals surface area contributed by atoms with Crippen molar-refractivity contribution in [3.05, 3.63) is 30.3 Å². The van der Waals surface area contributed by atoms with Crippen LogP contribution in [0.5, 0.6) is 5.75 Å². The van der Waals surface area contributed by atoms with E-state index < -0.39 is 0 Å². The number of aryl methyl sites for hydroxylation is 1.